The normalized spacial score (nSPS) is 15.1. The van der Waals surface area contributed by atoms with Gasteiger partial charge in [0, 0.05) is 18.9 Å². The number of carboxylic acid groups (broad SMARTS) is 1. The number of rotatable bonds is 6. The Kier molecular flexibility index (Phi) is 8.29. The third-order valence-electron chi connectivity index (χ3n) is 4.69. The number of hydrogen-bond acceptors (Lipinski definition) is 5. The zero-order valence-electron chi connectivity index (χ0n) is 17.7. The van der Waals surface area contributed by atoms with Crippen molar-refractivity contribution in [2.24, 2.45) is 0 Å². The molecule has 0 spiro atoms. The van der Waals surface area contributed by atoms with Gasteiger partial charge in [-0.3, -0.25) is 14.2 Å². The molecule has 13 heteroatoms. The second-order valence-electron chi connectivity index (χ2n) is 7.30. The molecule has 1 atom stereocenters. The molecule has 34 heavy (non-hydrogen) atoms. The average molecular weight is 500 g/mol. The lowest BCUT2D eigenvalue weighted by Crippen LogP contribution is -2.34. The third-order valence-corrected chi connectivity index (χ3v) is 4.88. The van der Waals surface area contributed by atoms with Gasteiger partial charge in [-0.25, -0.2) is 4.79 Å². The average Bonchev–Trinajstić information content (AvgIpc) is 3.38. The Hall–Kier alpha value is -3.38. The molecule has 1 aromatic carbocycles. The molecule has 9 nitrogen and oxygen atoms in total. The first-order valence-corrected chi connectivity index (χ1v) is 10.5. The van der Waals surface area contributed by atoms with Crippen molar-refractivity contribution < 1.29 is 32.6 Å². The summed E-state index contributed by atoms with van der Waals surface area (Å²) in [6.45, 7) is 1.84. The van der Waals surface area contributed by atoms with Crippen molar-refractivity contribution in [3.63, 3.8) is 0 Å². The molecule has 1 aliphatic heterocycles. The Labute approximate surface area is 197 Å². The first-order chi connectivity index (χ1) is 16.1. The monoisotopic (exact) mass is 499 g/mol. The predicted molar refractivity (Wildman–Crippen MR) is 114 cm³/mol. The summed E-state index contributed by atoms with van der Waals surface area (Å²) in [5.74, 6) is -2.90. The minimum atomic E-state index is -5.08. The van der Waals surface area contributed by atoms with Gasteiger partial charge in [0.05, 0.1) is 30.1 Å². The van der Waals surface area contributed by atoms with Crippen LogP contribution in [0.3, 0.4) is 0 Å². The minimum Gasteiger partial charge on any atom is -0.475 e. The van der Waals surface area contributed by atoms with Crippen LogP contribution in [0.2, 0.25) is 5.02 Å². The molecule has 1 aliphatic rings. The van der Waals surface area contributed by atoms with Crippen molar-refractivity contribution in [2.75, 3.05) is 13.2 Å². The fourth-order valence-corrected chi connectivity index (χ4v) is 3.33. The number of nitrogens with zero attached hydrogens (tertiary/aromatic N) is 4. The highest BCUT2D eigenvalue weighted by molar-refractivity contribution is 6.30. The van der Waals surface area contributed by atoms with Crippen molar-refractivity contribution in [2.45, 2.75) is 31.8 Å². The molecule has 1 unspecified atom stereocenters. The fraction of sp³-hybridized carbons (Fsp3) is 0.333. The maximum Gasteiger partial charge on any atom is 0.490 e. The van der Waals surface area contributed by atoms with Crippen LogP contribution in [0.15, 0.2) is 48.9 Å². The van der Waals surface area contributed by atoms with Crippen LogP contribution < -0.4 is 5.32 Å². The number of benzene rings is 1. The van der Waals surface area contributed by atoms with Gasteiger partial charge in [-0.15, -0.1) is 0 Å². The van der Waals surface area contributed by atoms with Gasteiger partial charge < -0.3 is 15.2 Å². The summed E-state index contributed by atoms with van der Waals surface area (Å²) in [4.78, 5) is 21.0. The lowest BCUT2D eigenvalue weighted by Gasteiger charge is -2.22. The Bertz CT molecular complexity index is 1120. The number of carbonyl (C=O) groups is 2. The molecule has 2 N–H and O–H groups in total. The first-order valence-electron chi connectivity index (χ1n) is 10.1. The number of carboxylic acids is 1. The SMILES string of the molecule is O=C(Cn1cc(Cl)cn1)NCC1OCCc2cn(Cc3ccccc3)nc21.O=C(O)C(F)(F)F. The molecule has 0 saturated carbocycles. The number of amides is 1. The molecule has 0 bridgehead atoms. The van der Waals surface area contributed by atoms with E-state index in [-0.39, 0.29) is 18.6 Å². The summed E-state index contributed by atoms with van der Waals surface area (Å²) in [5, 5.41) is 19.2. The van der Waals surface area contributed by atoms with E-state index in [1.165, 1.54) is 22.0 Å². The number of carbonyl (C=O) groups excluding carboxylic acids is 1. The van der Waals surface area contributed by atoms with Crippen LogP contribution in [0.5, 0.6) is 0 Å². The summed E-state index contributed by atoms with van der Waals surface area (Å²) in [6.07, 6.45) is 0.703. The molecule has 0 radical (unpaired) electrons. The van der Waals surface area contributed by atoms with Crippen LogP contribution in [-0.4, -0.2) is 55.9 Å². The molecule has 182 valence electrons. The zero-order valence-corrected chi connectivity index (χ0v) is 18.5. The molecule has 0 fully saturated rings. The number of aliphatic carboxylic acids is 1. The quantitative estimate of drug-likeness (QED) is 0.539. The molecule has 4 rings (SSSR count). The molecule has 2 aromatic heterocycles. The van der Waals surface area contributed by atoms with Gasteiger partial charge in [0.2, 0.25) is 5.91 Å². The fourth-order valence-electron chi connectivity index (χ4n) is 3.17. The number of fused-ring (bicyclic) bond motifs is 1. The van der Waals surface area contributed by atoms with E-state index in [0.29, 0.717) is 24.7 Å². The van der Waals surface area contributed by atoms with Crippen LogP contribution in [0, 0.1) is 0 Å². The number of alkyl halides is 3. The van der Waals surface area contributed by atoms with Gasteiger partial charge in [0.1, 0.15) is 12.6 Å². The van der Waals surface area contributed by atoms with Crippen molar-refractivity contribution in [3.8, 4) is 0 Å². The standard InChI is InChI=1S/C19H20ClN5O2.C2HF3O2/c20-16-8-22-24(12-16)13-18(26)21-9-17-19-15(6-7-27-17)11-25(23-19)10-14-4-2-1-3-5-14;3-2(4,5)1(6)7/h1-5,8,11-12,17H,6-7,9-10,13H2,(H,21,26);(H,6,7). The summed E-state index contributed by atoms with van der Waals surface area (Å²) in [7, 11) is 0. The largest absolute Gasteiger partial charge is 0.490 e. The Balaban J connectivity index is 0.000000406. The second-order valence-corrected chi connectivity index (χ2v) is 7.73. The summed E-state index contributed by atoms with van der Waals surface area (Å²) in [6, 6.07) is 10.2. The molecule has 3 heterocycles. The summed E-state index contributed by atoms with van der Waals surface area (Å²) >= 11 is 5.81. The molecule has 0 aliphatic carbocycles. The van der Waals surface area contributed by atoms with E-state index in [9.17, 15) is 18.0 Å². The minimum absolute atomic E-state index is 0.120. The van der Waals surface area contributed by atoms with Crippen LogP contribution in [0.25, 0.3) is 0 Å². The Morgan fingerprint density at radius 3 is 2.53 bits per heavy atom. The van der Waals surface area contributed by atoms with Crippen molar-refractivity contribution in [1.82, 2.24) is 24.9 Å². The van der Waals surface area contributed by atoms with E-state index in [1.54, 1.807) is 6.20 Å². The van der Waals surface area contributed by atoms with Crippen LogP contribution in [0.1, 0.15) is 22.9 Å². The Morgan fingerprint density at radius 1 is 1.21 bits per heavy atom. The summed E-state index contributed by atoms with van der Waals surface area (Å²) < 4.78 is 41.0. The second kappa shape index (κ2) is 11.2. The van der Waals surface area contributed by atoms with Crippen LogP contribution in [0.4, 0.5) is 13.2 Å². The number of ether oxygens (including phenoxy) is 1. The van der Waals surface area contributed by atoms with Gasteiger partial charge in [-0.1, -0.05) is 41.9 Å². The zero-order chi connectivity index (χ0) is 24.7. The summed E-state index contributed by atoms with van der Waals surface area (Å²) in [5.41, 5.74) is 3.27. The van der Waals surface area contributed by atoms with Crippen LogP contribution in [-0.2, 0) is 33.8 Å². The highest BCUT2D eigenvalue weighted by Gasteiger charge is 2.38. The first kappa shape index (κ1) is 25.2. The van der Waals surface area contributed by atoms with E-state index < -0.39 is 12.1 Å². The predicted octanol–water partition coefficient (Wildman–Crippen LogP) is 2.84. The van der Waals surface area contributed by atoms with Gasteiger partial charge in [-0.05, 0) is 17.5 Å². The van der Waals surface area contributed by atoms with Gasteiger partial charge in [0.25, 0.3) is 0 Å². The Morgan fingerprint density at radius 2 is 1.91 bits per heavy atom. The molecular weight excluding hydrogens is 479 g/mol. The molecule has 1 amide bonds. The van der Waals surface area contributed by atoms with Gasteiger partial charge in [-0.2, -0.15) is 23.4 Å². The van der Waals surface area contributed by atoms with E-state index in [1.807, 2.05) is 22.9 Å². The van der Waals surface area contributed by atoms with E-state index >= 15 is 0 Å². The molecule has 3 aromatic rings. The smallest absolute Gasteiger partial charge is 0.475 e. The maximum atomic E-state index is 12.1. The van der Waals surface area contributed by atoms with E-state index in [4.69, 9.17) is 31.3 Å². The van der Waals surface area contributed by atoms with Gasteiger partial charge in [0.15, 0.2) is 0 Å². The van der Waals surface area contributed by atoms with E-state index in [2.05, 4.69) is 28.7 Å². The number of nitrogens with one attached hydrogen (secondary N) is 1. The highest BCUT2D eigenvalue weighted by atomic mass is 35.5. The highest BCUT2D eigenvalue weighted by Crippen LogP contribution is 2.25. The van der Waals surface area contributed by atoms with Crippen molar-refractivity contribution in [1.29, 1.82) is 0 Å². The lowest BCUT2D eigenvalue weighted by molar-refractivity contribution is -0.192. The van der Waals surface area contributed by atoms with Crippen molar-refractivity contribution in [3.05, 3.63) is 70.8 Å². The topological polar surface area (TPSA) is 111 Å². The third kappa shape index (κ3) is 7.32. The van der Waals surface area contributed by atoms with Crippen molar-refractivity contribution >= 4 is 23.5 Å². The number of aromatic nitrogens is 4. The van der Waals surface area contributed by atoms with Gasteiger partial charge >= 0.3 is 12.1 Å². The molecule has 0 saturated heterocycles. The van der Waals surface area contributed by atoms with E-state index in [0.717, 1.165) is 12.1 Å². The maximum absolute atomic E-state index is 12.1. The van der Waals surface area contributed by atoms with Crippen LogP contribution >= 0.6 is 11.6 Å². The number of hydrogen-bond donors (Lipinski definition) is 2. The lowest BCUT2D eigenvalue weighted by atomic mass is 10.1. The number of halogens is 4. The molecular formula is C21H21ClF3N5O4.